The van der Waals surface area contributed by atoms with Crippen molar-refractivity contribution in [2.45, 2.75) is 43.5 Å². The lowest BCUT2D eigenvalue weighted by molar-refractivity contribution is -0.138. The number of aryl methyl sites for hydroxylation is 1. The first-order valence-corrected chi connectivity index (χ1v) is 15.7. The zero-order valence-electron chi connectivity index (χ0n) is 21.8. The number of aromatic nitrogens is 1. The van der Waals surface area contributed by atoms with E-state index in [0.29, 0.717) is 27.7 Å². The lowest BCUT2D eigenvalue weighted by Gasteiger charge is -2.21. The number of nitrogens with zero attached hydrogens (tertiary/aromatic N) is 1. The first-order chi connectivity index (χ1) is 19.5. The van der Waals surface area contributed by atoms with Gasteiger partial charge >= 0.3 is 12.1 Å². The Morgan fingerprint density at radius 2 is 1.85 bits per heavy atom. The van der Waals surface area contributed by atoms with Crippen LogP contribution in [0.5, 0.6) is 0 Å². The number of fused-ring (bicyclic) bond motifs is 1. The van der Waals surface area contributed by atoms with Crippen molar-refractivity contribution in [1.29, 1.82) is 0 Å². The number of alkyl halides is 3. The van der Waals surface area contributed by atoms with Gasteiger partial charge in [0.2, 0.25) is 0 Å². The zero-order chi connectivity index (χ0) is 29.2. The molecule has 1 fully saturated rings. The molecule has 2 aromatic carbocycles. The number of pyridine rings is 1. The minimum Gasteiger partial charge on any atom is -0.481 e. The average molecular weight is 637 g/mol. The summed E-state index contributed by atoms with van der Waals surface area (Å²) in [5.74, 6) is -0.0559. The maximum atomic E-state index is 13.0. The SMILES string of the molecule is O=C(O)CC1(CSC(CCc2ccc(C(F)(F)F)cc2)c2cccc(/C=C/c3ccc4sc(Cl)c(Cl)c4n3)c2)CC1. The minimum absolute atomic E-state index is 0.0538. The molecule has 0 aliphatic heterocycles. The van der Waals surface area contributed by atoms with Crippen LogP contribution in [0.1, 0.15) is 58.9 Å². The summed E-state index contributed by atoms with van der Waals surface area (Å²) >= 11 is 15.6. The van der Waals surface area contributed by atoms with Crippen LogP contribution in [0.15, 0.2) is 60.7 Å². The number of rotatable bonds is 11. The summed E-state index contributed by atoms with van der Waals surface area (Å²) in [4.78, 5) is 16.0. The van der Waals surface area contributed by atoms with Gasteiger partial charge in [-0.1, -0.05) is 65.7 Å². The van der Waals surface area contributed by atoms with Crippen LogP contribution in [0, 0.1) is 5.41 Å². The number of aliphatic carboxylic acids is 1. The van der Waals surface area contributed by atoms with Gasteiger partial charge in [-0.15, -0.1) is 11.3 Å². The van der Waals surface area contributed by atoms with E-state index in [9.17, 15) is 23.1 Å². The van der Waals surface area contributed by atoms with Crippen molar-refractivity contribution in [2.24, 2.45) is 5.41 Å². The Bertz CT molecular complexity index is 1580. The van der Waals surface area contributed by atoms with E-state index < -0.39 is 17.7 Å². The third-order valence-corrected chi connectivity index (χ3v) is 10.9. The Morgan fingerprint density at radius 1 is 1.10 bits per heavy atom. The number of thioether (sulfide) groups is 1. The predicted molar refractivity (Wildman–Crippen MR) is 164 cm³/mol. The van der Waals surface area contributed by atoms with Crippen LogP contribution in [0.25, 0.3) is 22.4 Å². The summed E-state index contributed by atoms with van der Waals surface area (Å²) in [6, 6.07) is 17.3. The molecule has 214 valence electrons. The smallest absolute Gasteiger partial charge is 0.416 e. The normalized spacial score (nSPS) is 15.4. The molecule has 0 radical (unpaired) electrons. The largest absolute Gasteiger partial charge is 0.481 e. The molecule has 1 atom stereocenters. The molecule has 5 rings (SSSR count). The molecule has 10 heteroatoms. The van der Waals surface area contributed by atoms with Gasteiger partial charge in [-0.2, -0.15) is 24.9 Å². The number of carboxylic acid groups (broad SMARTS) is 1. The van der Waals surface area contributed by atoms with E-state index in [2.05, 4.69) is 17.1 Å². The van der Waals surface area contributed by atoms with Gasteiger partial charge in [0.05, 0.1) is 27.4 Å². The van der Waals surface area contributed by atoms with Gasteiger partial charge in [0.25, 0.3) is 0 Å². The highest BCUT2D eigenvalue weighted by Gasteiger charge is 2.44. The monoisotopic (exact) mass is 635 g/mol. The standard InChI is InChI=1S/C31H26Cl2F3NO2S2/c32-27-28-25(41-29(27)33)13-11-23(37-28)10-6-20-2-1-3-21(16-20)24(40-18-30(14-15-30)17-26(38)39)12-7-19-4-8-22(9-5-19)31(34,35)36/h1-6,8-11,13,16,24H,7,12,14-15,17-18H2,(H,38,39)/b10-6+. The first-order valence-electron chi connectivity index (χ1n) is 13.0. The fourth-order valence-corrected chi connectivity index (χ4v) is 7.71. The van der Waals surface area contributed by atoms with Crippen molar-refractivity contribution in [3.63, 3.8) is 0 Å². The summed E-state index contributed by atoms with van der Waals surface area (Å²) in [5.41, 5.74) is 3.49. The van der Waals surface area contributed by atoms with Crippen molar-refractivity contribution >= 4 is 74.6 Å². The number of thiophene rings is 1. The van der Waals surface area contributed by atoms with Crippen molar-refractivity contribution in [1.82, 2.24) is 4.98 Å². The highest BCUT2D eigenvalue weighted by Crippen LogP contribution is 2.53. The van der Waals surface area contributed by atoms with E-state index in [1.165, 1.54) is 23.5 Å². The van der Waals surface area contributed by atoms with Crippen molar-refractivity contribution in [3.8, 4) is 0 Å². The number of carboxylic acids is 1. The van der Waals surface area contributed by atoms with Crippen LogP contribution >= 0.6 is 46.3 Å². The van der Waals surface area contributed by atoms with Crippen LogP contribution in [-0.2, 0) is 17.4 Å². The second kappa shape index (κ2) is 12.4. The number of hydrogen-bond donors (Lipinski definition) is 1. The van der Waals surface area contributed by atoms with Gasteiger partial charge in [0.1, 0.15) is 9.85 Å². The predicted octanol–water partition coefficient (Wildman–Crippen LogP) is 10.5. The highest BCUT2D eigenvalue weighted by molar-refractivity contribution is 7.99. The number of hydrogen-bond acceptors (Lipinski definition) is 4. The van der Waals surface area contributed by atoms with E-state index in [-0.39, 0.29) is 17.1 Å². The Hall–Kier alpha value is -2.52. The molecule has 1 N–H and O–H groups in total. The highest BCUT2D eigenvalue weighted by atomic mass is 35.5. The minimum atomic E-state index is -4.36. The summed E-state index contributed by atoms with van der Waals surface area (Å²) in [5, 5.41) is 9.86. The Morgan fingerprint density at radius 3 is 2.54 bits per heavy atom. The van der Waals surface area contributed by atoms with Crippen molar-refractivity contribution in [3.05, 3.63) is 98.0 Å². The number of benzene rings is 2. The summed E-state index contributed by atoms with van der Waals surface area (Å²) in [7, 11) is 0. The summed E-state index contributed by atoms with van der Waals surface area (Å²) < 4.78 is 40.4. The van der Waals surface area contributed by atoms with Gasteiger partial charge < -0.3 is 5.11 Å². The van der Waals surface area contributed by atoms with E-state index in [0.717, 1.165) is 57.8 Å². The molecular weight excluding hydrogens is 610 g/mol. The maximum Gasteiger partial charge on any atom is 0.416 e. The third kappa shape index (κ3) is 7.66. The van der Waals surface area contributed by atoms with E-state index >= 15 is 0 Å². The topological polar surface area (TPSA) is 50.2 Å². The molecular formula is C31H26Cl2F3NO2S2. The lowest BCUT2D eigenvalue weighted by Crippen LogP contribution is -2.12. The number of halogens is 5. The average Bonchev–Trinajstić information content (AvgIpc) is 3.63. The zero-order valence-corrected chi connectivity index (χ0v) is 24.9. The van der Waals surface area contributed by atoms with Crippen LogP contribution < -0.4 is 0 Å². The van der Waals surface area contributed by atoms with Crippen LogP contribution in [0.4, 0.5) is 13.2 Å². The van der Waals surface area contributed by atoms with E-state index in [1.54, 1.807) is 11.8 Å². The molecule has 1 aliphatic carbocycles. The molecule has 1 saturated carbocycles. The molecule has 2 aromatic heterocycles. The Balaban J connectivity index is 1.34. The molecule has 2 heterocycles. The maximum absolute atomic E-state index is 13.0. The first kappa shape index (κ1) is 30.0. The molecule has 3 nitrogen and oxygen atoms in total. The third-order valence-electron chi connectivity index (χ3n) is 7.24. The molecule has 0 amide bonds. The van der Waals surface area contributed by atoms with Gasteiger partial charge in [0.15, 0.2) is 0 Å². The van der Waals surface area contributed by atoms with Crippen molar-refractivity contribution < 1.29 is 23.1 Å². The van der Waals surface area contributed by atoms with Gasteiger partial charge in [-0.05, 0) is 78.1 Å². The molecule has 4 aromatic rings. The van der Waals surface area contributed by atoms with E-state index in [4.69, 9.17) is 23.2 Å². The quantitative estimate of drug-likeness (QED) is 0.178. The van der Waals surface area contributed by atoms with Gasteiger partial charge in [0, 0.05) is 11.0 Å². The molecule has 41 heavy (non-hydrogen) atoms. The summed E-state index contributed by atoms with van der Waals surface area (Å²) in [6.07, 6.45) is 2.80. The lowest BCUT2D eigenvalue weighted by atomic mass is 10.0. The van der Waals surface area contributed by atoms with Crippen molar-refractivity contribution in [2.75, 3.05) is 5.75 Å². The molecule has 0 saturated heterocycles. The summed E-state index contributed by atoms with van der Waals surface area (Å²) in [6.45, 7) is 0. The van der Waals surface area contributed by atoms with Crippen LogP contribution in [-0.4, -0.2) is 21.8 Å². The van der Waals surface area contributed by atoms with Gasteiger partial charge in [-0.3, -0.25) is 4.79 Å². The molecule has 1 unspecified atom stereocenters. The van der Waals surface area contributed by atoms with Crippen LogP contribution in [0.2, 0.25) is 9.36 Å². The second-order valence-electron chi connectivity index (χ2n) is 10.4. The van der Waals surface area contributed by atoms with E-state index in [1.807, 2.05) is 36.4 Å². The second-order valence-corrected chi connectivity index (χ2v) is 13.6. The Kier molecular flexibility index (Phi) is 9.04. The molecule has 0 bridgehead atoms. The molecule has 1 aliphatic rings. The van der Waals surface area contributed by atoms with Crippen LogP contribution in [0.3, 0.4) is 0 Å². The van der Waals surface area contributed by atoms with Gasteiger partial charge in [-0.25, -0.2) is 4.98 Å². The fraction of sp³-hybridized carbons (Fsp3) is 0.290. The molecule has 0 spiro atoms. The Labute approximate surface area is 254 Å². The number of carbonyl (C=O) groups is 1. The fourth-order valence-electron chi connectivity index (χ4n) is 4.72.